The average Bonchev–Trinajstić information content (AvgIpc) is 3.39. The minimum atomic E-state index is -0.514. The van der Waals surface area contributed by atoms with Gasteiger partial charge in [0, 0.05) is 39.3 Å². The number of nitrogens with zero attached hydrogens (tertiary/aromatic N) is 2. The van der Waals surface area contributed by atoms with E-state index in [1.807, 2.05) is 11.2 Å². The fourth-order valence-corrected chi connectivity index (χ4v) is 4.05. The summed E-state index contributed by atoms with van der Waals surface area (Å²) in [5.41, 5.74) is 0. The summed E-state index contributed by atoms with van der Waals surface area (Å²) in [4.78, 5) is 29.5. The van der Waals surface area contributed by atoms with Crippen LogP contribution in [0.1, 0.15) is 29.8 Å². The maximum Gasteiger partial charge on any atom is 0.287 e. The molecule has 2 saturated heterocycles. The monoisotopic (exact) mass is 395 g/mol. The van der Waals surface area contributed by atoms with Crippen LogP contribution in [-0.4, -0.2) is 85.1 Å². The first kappa shape index (κ1) is 20.2. The molecule has 3 rings (SSSR count). The lowest BCUT2D eigenvalue weighted by atomic mass is 10.1. The Morgan fingerprint density at radius 3 is 2.78 bits per heavy atom. The van der Waals surface area contributed by atoms with Crippen molar-refractivity contribution in [2.24, 2.45) is 0 Å². The molecule has 2 aliphatic rings. The predicted octanol–water partition coefficient (Wildman–Crippen LogP) is 1.45. The fraction of sp³-hybridized carbons (Fsp3) is 0.684. The fourth-order valence-electron chi connectivity index (χ4n) is 3.58. The van der Waals surface area contributed by atoms with Gasteiger partial charge in [-0.2, -0.15) is 11.8 Å². The first-order valence-electron chi connectivity index (χ1n) is 9.63. The van der Waals surface area contributed by atoms with E-state index in [1.165, 1.54) is 6.26 Å². The number of amides is 2. The van der Waals surface area contributed by atoms with Gasteiger partial charge >= 0.3 is 0 Å². The molecule has 3 heterocycles. The Bertz CT molecular complexity index is 596. The first-order valence-corrected chi connectivity index (χ1v) is 11.0. The summed E-state index contributed by atoms with van der Waals surface area (Å²) in [6, 6.07) is 2.76. The van der Waals surface area contributed by atoms with Crippen molar-refractivity contribution < 1.29 is 18.7 Å². The number of nitrogens with one attached hydrogen (secondary N) is 1. The molecule has 0 spiro atoms. The zero-order chi connectivity index (χ0) is 19.1. The summed E-state index contributed by atoms with van der Waals surface area (Å²) in [6.07, 6.45) is 6.70. The molecule has 1 aromatic heterocycles. The second-order valence-corrected chi connectivity index (χ2v) is 8.03. The van der Waals surface area contributed by atoms with Crippen LogP contribution in [-0.2, 0) is 9.53 Å². The number of hydrogen-bond acceptors (Lipinski definition) is 6. The maximum absolute atomic E-state index is 13.0. The Labute approximate surface area is 164 Å². The van der Waals surface area contributed by atoms with E-state index < -0.39 is 6.04 Å². The zero-order valence-corrected chi connectivity index (χ0v) is 16.7. The molecule has 2 atom stereocenters. The van der Waals surface area contributed by atoms with E-state index in [4.69, 9.17) is 9.15 Å². The highest BCUT2D eigenvalue weighted by Crippen LogP contribution is 2.15. The topological polar surface area (TPSA) is 75.0 Å². The Balaban J connectivity index is 1.51. The van der Waals surface area contributed by atoms with Crippen LogP contribution in [0.5, 0.6) is 0 Å². The molecule has 8 heteroatoms. The maximum atomic E-state index is 13.0. The number of carbonyl (C=O) groups excluding carboxylic acids is 2. The van der Waals surface area contributed by atoms with Crippen LogP contribution < -0.4 is 5.32 Å². The van der Waals surface area contributed by atoms with Crippen molar-refractivity contribution in [3.05, 3.63) is 24.2 Å². The van der Waals surface area contributed by atoms with E-state index in [0.29, 0.717) is 25.6 Å². The van der Waals surface area contributed by atoms with E-state index in [2.05, 4.69) is 10.2 Å². The molecule has 2 fully saturated rings. The lowest BCUT2D eigenvalue weighted by Crippen LogP contribution is -2.55. The van der Waals surface area contributed by atoms with Crippen LogP contribution in [0.4, 0.5) is 0 Å². The van der Waals surface area contributed by atoms with Gasteiger partial charge in [-0.15, -0.1) is 0 Å². The van der Waals surface area contributed by atoms with Gasteiger partial charge in [-0.25, -0.2) is 0 Å². The van der Waals surface area contributed by atoms with Crippen LogP contribution >= 0.6 is 11.8 Å². The first-order chi connectivity index (χ1) is 13.2. The van der Waals surface area contributed by atoms with Crippen LogP contribution in [0.3, 0.4) is 0 Å². The molecule has 0 aromatic carbocycles. The highest BCUT2D eigenvalue weighted by atomic mass is 32.2. The average molecular weight is 396 g/mol. The standard InChI is InChI=1S/C19H29N3O4S/c1-27-13-6-16(20-18(23)17-5-3-12-26-17)19(24)22-9-7-21(8-10-22)14-15-4-2-11-25-15/h3,5,12,15-16H,2,4,6-11,13-14H2,1H3,(H,20,23)/t15-,16-/m0/s1. The van der Waals surface area contributed by atoms with Gasteiger partial charge in [-0.1, -0.05) is 0 Å². The molecule has 1 aromatic rings. The van der Waals surface area contributed by atoms with Crippen LogP contribution in [0.2, 0.25) is 0 Å². The van der Waals surface area contributed by atoms with Crippen molar-refractivity contribution in [3.8, 4) is 0 Å². The van der Waals surface area contributed by atoms with Crippen molar-refractivity contribution in [3.63, 3.8) is 0 Å². The molecule has 0 radical (unpaired) electrons. The SMILES string of the molecule is CSCC[C@H](NC(=O)c1ccco1)C(=O)N1CCN(C[C@@H]2CCCO2)CC1. The van der Waals surface area contributed by atoms with Gasteiger partial charge in [0.1, 0.15) is 6.04 Å². The smallest absolute Gasteiger partial charge is 0.287 e. The summed E-state index contributed by atoms with van der Waals surface area (Å²) in [5, 5.41) is 2.85. The summed E-state index contributed by atoms with van der Waals surface area (Å²) < 4.78 is 10.9. The highest BCUT2D eigenvalue weighted by molar-refractivity contribution is 7.98. The molecule has 0 bridgehead atoms. The number of furan rings is 1. The Kier molecular flexibility index (Phi) is 7.60. The zero-order valence-electron chi connectivity index (χ0n) is 15.9. The second-order valence-electron chi connectivity index (χ2n) is 7.05. The minimum Gasteiger partial charge on any atom is -0.459 e. The number of ether oxygens (including phenoxy) is 1. The molecule has 27 heavy (non-hydrogen) atoms. The number of rotatable bonds is 8. The van der Waals surface area contributed by atoms with Crippen LogP contribution in [0.25, 0.3) is 0 Å². The van der Waals surface area contributed by atoms with E-state index in [0.717, 1.165) is 44.8 Å². The van der Waals surface area contributed by atoms with Crippen molar-refractivity contribution >= 4 is 23.6 Å². The molecule has 150 valence electrons. The predicted molar refractivity (Wildman–Crippen MR) is 105 cm³/mol. The minimum absolute atomic E-state index is 0.000669. The van der Waals surface area contributed by atoms with Crippen LogP contribution in [0.15, 0.2) is 22.8 Å². The second kappa shape index (κ2) is 10.1. The Morgan fingerprint density at radius 1 is 1.33 bits per heavy atom. The lowest BCUT2D eigenvalue weighted by Gasteiger charge is -2.37. The third-order valence-electron chi connectivity index (χ3n) is 5.13. The highest BCUT2D eigenvalue weighted by Gasteiger charge is 2.30. The summed E-state index contributed by atoms with van der Waals surface area (Å²) in [5.74, 6) is 0.712. The van der Waals surface area contributed by atoms with Gasteiger partial charge in [0.25, 0.3) is 5.91 Å². The molecular formula is C19H29N3O4S. The molecule has 2 aliphatic heterocycles. The molecule has 0 aliphatic carbocycles. The number of hydrogen-bond donors (Lipinski definition) is 1. The van der Waals surface area contributed by atoms with Gasteiger partial charge in [0.15, 0.2) is 5.76 Å². The molecule has 2 amide bonds. The van der Waals surface area contributed by atoms with Crippen molar-refractivity contribution in [1.82, 2.24) is 15.1 Å². The van der Waals surface area contributed by atoms with E-state index in [1.54, 1.807) is 23.9 Å². The third kappa shape index (κ3) is 5.73. The van der Waals surface area contributed by atoms with Gasteiger partial charge in [-0.05, 0) is 43.4 Å². The number of piperazine rings is 1. The molecule has 0 unspecified atom stereocenters. The van der Waals surface area contributed by atoms with Gasteiger partial charge in [0.05, 0.1) is 12.4 Å². The summed E-state index contributed by atoms with van der Waals surface area (Å²) in [6.45, 7) is 4.92. The normalized spacial score (nSPS) is 22.0. The van der Waals surface area contributed by atoms with Crippen molar-refractivity contribution in [1.29, 1.82) is 0 Å². The van der Waals surface area contributed by atoms with E-state index in [9.17, 15) is 9.59 Å². The number of thioether (sulfide) groups is 1. The van der Waals surface area contributed by atoms with E-state index >= 15 is 0 Å². The van der Waals surface area contributed by atoms with Gasteiger partial charge in [-0.3, -0.25) is 14.5 Å². The molecular weight excluding hydrogens is 366 g/mol. The molecule has 7 nitrogen and oxygen atoms in total. The largest absolute Gasteiger partial charge is 0.459 e. The quantitative estimate of drug-likeness (QED) is 0.718. The number of carbonyl (C=O) groups is 2. The van der Waals surface area contributed by atoms with E-state index in [-0.39, 0.29) is 17.6 Å². The van der Waals surface area contributed by atoms with Crippen LogP contribution in [0, 0.1) is 0 Å². The Morgan fingerprint density at radius 2 is 2.15 bits per heavy atom. The van der Waals surface area contributed by atoms with Crippen molar-refractivity contribution in [2.75, 3.05) is 51.3 Å². The lowest BCUT2D eigenvalue weighted by molar-refractivity contribution is -0.135. The van der Waals surface area contributed by atoms with Crippen molar-refractivity contribution in [2.45, 2.75) is 31.4 Å². The Hall–Kier alpha value is -1.51. The molecule has 1 N–H and O–H groups in total. The summed E-state index contributed by atoms with van der Waals surface area (Å²) in [7, 11) is 0. The third-order valence-corrected chi connectivity index (χ3v) is 5.77. The van der Waals surface area contributed by atoms with Gasteiger partial charge in [0.2, 0.25) is 5.91 Å². The van der Waals surface area contributed by atoms with Gasteiger partial charge < -0.3 is 19.4 Å². The molecule has 0 saturated carbocycles. The summed E-state index contributed by atoms with van der Waals surface area (Å²) >= 11 is 1.67.